The summed E-state index contributed by atoms with van der Waals surface area (Å²) in [5, 5.41) is 4.28. The van der Waals surface area contributed by atoms with E-state index in [0.717, 1.165) is 32.5 Å². The van der Waals surface area contributed by atoms with E-state index >= 15 is 0 Å². The fourth-order valence-electron chi connectivity index (χ4n) is 4.06. The lowest BCUT2D eigenvalue weighted by Gasteiger charge is -2.19. The van der Waals surface area contributed by atoms with Gasteiger partial charge in [-0.1, -0.05) is 12.1 Å². The molecule has 1 amide bonds. The van der Waals surface area contributed by atoms with Crippen molar-refractivity contribution in [2.75, 3.05) is 13.1 Å². The largest absolute Gasteiger partial charge is 0.389 e. The van der Waals surface area contributed by atoms with E-state index < -0.39 is 0 Å². The Bertz CT molecular complexity index is 651. The van der Waals surface area contributed by atoms with Crippen LogP contribution in [0.2, 0.25) is 0 Å². The van der Waals surface area contributed by atoms with Crippen LogP contribution in [-0.2, 0) is 11.4 Å². The highest BCUT2D eigenvalue weighted by molar-refractivity contribution is 5.94. The number of carbonyl (C=O) groups is 1. The van der Waals surface area contributed by atoms with Crippen LogP contribution in [0.15, 0.2) is 17.7 Å². The third-order valence-electron chi connectivity index (χ3n) is 5.22. The van der Waals surface area contributed by atoms with E-state index in [0.29, 0.717) is 23.4 Å². The van der Waals surface area contributed by atoms with E-state index in [4.69, 9.17) is 4.84 Å². The lowest BCUT2D eigenvalue weighted by molar-refractivity contribution is 0.0123. The number of hydrogen-bond donors (Lipinski definition) is 0. The number of imidazole rings is 1. The predicted molar refractivity (Wildman–Crippen MR) is 86.1 cm³/mol. The molecule has 3 aliphatic rings. The number of aromatic nitrogens is 2. The summed E-state index contributed by atoms with van der Waals surface area (Å²) in [6, 6.07) is 0. The van der Waals surface area contributed by atoms with E-state index in [1.165, 1.54) is 5.71 Å². The standard InChI is InChI=1S/C17H24N4O2/c1-4-5-20-9-14(18-10-20)16(22)21-7-11-12(8-21)15(11)13-6-17(2,3)23-19-13/h9-12,15H,4-8H2,1-3H3. The van der Waals surface area contributed by atoms with Gasteiger partial charge in [0.2, 0.25) is 0 Å². The van der Waals surface area contributed by atoms with Crippen molar-refractivity contribution in [1.82, 2.24) is 14.5 Å². The maximum atomic E-state index is 12.6. The average Bonchev–Trinajstić information content (AvgIpc) is 2.96. The van der Waals surface area contributed by atoms with Gasteiger partial charge in [0.15, 0.2) is 0 Å². The minimum absolute atomic E-state index is 0.0655. The monoisotopic (exact) mass is 316 g/mol. The maximum Gasteiger partial charge on any atom is 0.274 e. The SMILES string of the molecule is CCCn1cnc(C(=O)N2CC3C(C2)C3C2=NOC(C)(C)C2)c1. The lowest BCUT2D eigenvalue weighted by atomic mass is 9.98. The average molecular weight is 316 g/mol. The number of hydrogen-bond acceptors (Lipinski definition) is 4. The van der Waals surface area contributed by atoms with Crippen LogP contribution in [0.1, 0.15) is 44.1 Å². The molecule has 3 heterocycles. The fraction of sp³-hybridized carbons (Fsp3) is 0.706. The number of aryl methyl sites for hydroxylation is 1. The molecule has 2 unspecified atom stereocenters. The number of likely N-dealkylation sites (tertiary alicyclic amines) is 1. The Labute approximate surface area is 136 Å². The molecule has 1 aliphatic carbocycles. The van der Waals surface area contributed by atoms with Gasteiger partial charge in [-0.3, -0.25) is 4.79 Å². The highest BCUT2D eigenvalue weighted by atomic mass is 16.7. The second-order valence-electron chi connectivity index (χ2n) is 7.67. The molecular formula is C17H24N4O2. The first-order chi connectivity index (χ1) is 11.0. The summed E-state index contributed by atoms with van der Waals surface area (Å²) < 4.78 is 1.99. The summed E-state index contributed by atoms with van der Waals surface area (Å²) in [6.07, 6.45) is 5.58. The number of piperidine rings is 1. The van der Waals surface area contributed by atoms with E-state index in [9.17, 15) is 4.79 Å². The molecule has 2 fully saturated rings. The van der Waals surface area contributed by atoms with Gasteiger partial charge >= 0.3 is 0 Å². The molecular weight excluding hydrogens is 292 g/mol. The number of amides is 1. The van der Waals surface area contributed by atoms with Crippen LogP contribution in [0.4, 0.5) is 0 Å². The molecule has 2 atom stereocenters. The highest BCUT2D eigenvalue weighted by Crippen LogP contribution is 2.54. The Morgan fingerprint density at radius 3 is 2.74 bits per heavy atom. The second kappa shape index (κ2) is 5.08. The molecule has 1 saturated heterocycles. The first-order valence-electron chi connectivity index (χ1n) is 8.54. The minimum Gasteiger partial charge on any atom is -0.389 e. The predicted octanol–water partition coefficient (Wildman–Crippen LogP) is 2.17. The van der Waals surface area contributed by atoms with E-state index in [1.54, 1.807) is 6.33 Å². The lowest BCUT2D eigenvalue weighted by Crippen LogP contribution is -2.33. The van der Waals surface area contributed by atoms with Crippen molar-refractivity contribution in [3.05, 3.63) is 18.2 Å². The van der Waals surface area contributed by atoms with Gasteiger partial charge in [-0.25, -0.2) is 4.98 Å². The van der Waals surface area contributed by atoms with Crippen LogP contribution in [0.25, 0.3) is 0 Å². The summed E-state index contributed by atoms with van der Waals surface area (Å²) >= 11 is 0. The first-order valence-corrected chi connectivity index (χ1v) is 8.54. The molecule has 4 rings (SSSR count). The Kier molecular flexibility index (Phi) is 3.25. The van der Waals surface area contributed by atoms with Crippen molar-refractivity contribution in [2.24, 2.45) is 22.9 Å². The molecule has 0 N–H and O–H groups in total. The summed E-state index contributed by atoms with van der Waals surface area (Å²) in [5.41, 5.74) is 1.61. The summed E-state index contributed by atoms with van der Waals surface area (Å²) in [5.74, 6) is 1.72. The smallest absolute Gasteiger partial charge is 0.274 e. The summed E-state index contributed by atoms with van der Waals surface area (Å²) in [6.45, 7) is 8.83. The van der Waals surface area contributed by atoms with Gasteiger partial charge < -0.3 is 14.3 Å². The van der Waals surface area contributed by atoms with Crippen molar-refractivity contribution >= 4 is 11.6 Å². The van der Waals surface area contributed by atoms with Crippen LogP contribution >= 0.6 is 0 Å². The number of oxime groups is 1. The molecule has 2 aliphatic heterocycles. The van der Waals surface area contributed by atoms with Crippen molar-refractivity contribution in [3.63, 3.8) is 0 Å². The fourth-order valence-corrected chi connectivity index (χ4v) is 4.06. The number of nitrogens with zero attached hydrogens (tertiary/aromatic N) is 4. The molecule has 0 spiro atoms. The van der Waals surface area contributed by atoms with Crippen molar-refractivity contribution < 1.29 is 9.63 Å². The highest BCUT2D eigenvalue weighted by Gasteiger charge is 2.60. The molecule has 124 valence electrons. The molecule has 0 bridgehead atoms. The molecule has 6 nitrogen and oxygen atoms in total. The van der Waals surface area contributed by atoms with Gasteiger partial charge in [0.1, 0.15) is 11.3 Å². The molecule has 1 aromatic rings. The van der Waals surface area contributed by atoms with Crippen LogP contribution in [0, 0.1) is 17.8 Å². The van der Waals surface area contributed by atoms with Crippen LogP contribution in [0.3, 0.4) is 0 Å². The van der Waals surface area contributed by atoms with Crippen molar-refractivity contribution in [1.29, 1.82) is 0 Å². The molecule has 0 aromatic carbocycles. The third-order valence-corrected chi connectivity index (χ3v) is 5.22. The second-order valence-corrected chi connectivity index (χ2v) is 7.67. The topological polar surface area (TPSA) is 59.7 Å². The van der Waals surface area contributed by atoms with Gasteiger partial charge in [0.05, 0.1) is 12.0 Å². The number of rotatable bonds is 4. The van der Waals surface area contributed by atoms with Crippen molar-refractivity contribution in [3.8, 4) is 0 Å². The van der Waals surface area contributed by atoms with Crippen LogP contribution in [0.5, 0.6) is 0 Å². The normalized spacial score (nSPS) is 30.8. The van der Waals surface area contributed by atoms with Gasteiger partial charge in [-0.05, 0) is 32.1 Å². The zero-order valence-corrected chi connectivity index (χ0v) is 14.0. The third kappa shape index (κ3) is 2.54. The Hall–Kier alpha value is -1.85. The van der Waals surface area contributed by atoms with Crippen LogP contribution in [-0.4, -0.2) is 44.8 Å². The Morgan fingerprint density at radius 2 is 2.13 bits per heavy atom. The van der Waals surface area contributed by atoms with Crippen LogP contribution < -0.4 is 0 Å². The minimum atomic E-state index is -0.159. The van der Waals surface area contributed by atoms with Gasteiger partial charge in [0, 0.05) is 38.2 Å². The number of carbonyl (C=O) groups excluding carboxylic acids is 1. The molecule has 1 aromatic heterocycles. The molecule has 1 saturated carbocycles. The van der Waals surface area contributed by atoms with E-state index in [2.05, 4.69) is 30.9 Å². The quantitative estimate of drug-likeness (QED) is 0.855. The summed E-state index contributed by atoms with van der Waals surface area (Å²) in [7, 11) is 0. The molecule has 23 heavy (non-hydrogen) atoms. The Balaban J connectivity index is 1.35. The van der Waals surface area contributed by atoms with Gasteiger partial charge in [-0.2, -0.15) is 0 Å². The maximum absolute atomic E-state index is 12.6. The van der Waals surface area contributed by atoms with Gasteiger partial charge in [0.25, 0.3) is 5.91 Å². The van der Waals surface area contributed by atoms with E-state index in [1.807, 2.05) is 15.7 Å². The molecule has 0 radical (unpaired) electrons. The number of fused-ring (bicyclic) bond motifs is 1. The zero-order valence-electron chi connectivity index (χ0n) is 14.0. The first kappa shape index (κ1) is 14.7. The van der Waals surface area contributed by atoms with Crippen molar-refractivity contribution in [2.45, 2.75) is 45.8 Å². The van der Waals surface area contributed by atoms with Gasteiger partial charge in [-0.15, -0.1) is 0 Å². The van der Waals surface area contributed by atoms with E-state index in [-0.39, 0.29) is 11.5 Å². The summed E-state index contributed by atoms with van der Waals surface area (Å²) in [4.78, 5) is 24.3. The Morgan fingerprint density at radius 1 is 1.39 bits per heavy atom. The zero-order chi connectivity index (χ0) is 16.2. The molecule has 6 heteroatoms.